The second kappa shape index (κ2) is 3.35. The molecule has 0 bridgehead atoms. The maximum absolute atomic E-state index is 4.04. The highest BCUT2D eigenvalue weighted by Gasteiger charge is 1.91. The first kappa shape index (κ1) is 8.02. The highest BCUT2D eigenvalue weighted by atomic mass is 28.3. The maximum atomic E-state index is 4.04. The largest absolute Gasteiger partial charge is 0.255 e. The van der Waals surface area contributed by atoms with Gasteiger partial charge in [-0.05, 0) is 5.92 Å². The lowest BCUT2D eigenvalue weighted by molar-refractivity contribution is 0.762. The van der Waals surface area contributed by atoms with E-state index in [2.05, 4.69) is 34.6 Å². The monoisotopic (exact) mass is 165 g/mol. The summed E-state index contributed by atoms with van der Waals surface area (Å²) in [4.78, 5) is 3.99. The molecule has 0 fully saturated rings. The zero-order valence-corrected chi connectivity index (χ0v) is 8.15. The summed E-state index contributed by atoms with van der Waals surface area (Å²) in [5.74, 6) is 3.57. The number of hydrogen-bond donors (Lipinski definition) is 0. The van der Waals surface area contributed by atoms with E-state index >= 15 is 0 Å². The third-order valence-corrected chi connectivity index (χ3v) is 1.79. The lowest BCUT2D eigenvalue weighted by Gasteiger charge is -1.82. The quantitative estimate of drug-likeness (QED) is 0.406. The molecule has 4 heteroatoms. The number of aromatic nitrogens is 3. The van der Waals surface area contributed by atoms with Crippen molar-refractivity contribution in [2.45, 2.75) is 13.1 Å². The highest BCUT2D eigenvalue weighted by Crippen LogP contribution is 1.83. The van der Waals surface area contributed by atoms with E-state index in [1.165, 1.54) is 0 Å². The van der Waals surface area contributed by atoms with E-state index in [0.717, 1.165) is 0 Å². The minimum atomic E-state index is -0.781. The minimum absolute atomic E-state index is 0.633. The van der Waals surface area contributed by atoms with Crippen molar-refractivity contribution in [3.8, 4) is 11.5 Å². The second-order valence-corrected chi connectivity index (χ2v) is 5.26. The molecule has 0 aliphatic carbocycles. The molecule has 0 aliphatic rings. The zero-order valence-electron chi connectivity index (χ0n) is 7.00. The average molecular weight is 165 g/mol. The first-order chi connectivity index (χ1) is 5.18. The van der Waals surface area contributed by atoms with Gasteiger partial charge < -0.3 is 0 Å². The maximum Gasteiger partial charge on any atom is 0.224 e. The van der Waals surface area contributed by atoms with Crippen LogP contribution in [0.25, 0.3) is 0 Å². The fourth-order valence-electron chi connectivity index (χ4n) is 0.605. The molecule has 0 amide bonds. The van der Waals surface area contributed by atoms with Crippen LogP contribution in [0.2, 0.25) is 13.1 Å². The van der Waals surface area contributed by atoms with Gasteiger partial charge >= 0.3 is 0 Å². The Morgan fingerprint density at radius 3 is 2.73 bits per heavy atom. The molecule has 0 spiro atoms. The highest BCUT2D eigenvalue weighted by molar-refractivity contribution is 6.64. The van der Waals surface area contributed by atoms with E-state index in [1.54, 1.807) is 11.0 Å². The summed E-state index contributed by atoms with van der Waals surface area (Å²) in [5.41, 5.74) is 3.13. The van der Waals surface area contributed by atoms with Crippen molar-refractivity contribution in [3.05, 3.63) is 12.2 Å². The van der Waals surface area contributed by atoms with Crippen LogP contribution >= 0.6 is 0 Å². The van der Waals surface area contributed by atoms with Crippen LogP contribution in [0.1, 0.15) is 5.82 Å². The summed E-state index contributed by atoms with van der Waals surface area (Å²) >= 11 is 0. The van der Waals surface area contributed by atoms with E-state index in [0.29, 0.717) is 5.82 Å². The Balaban J connectivity index is 2.74. The lowest BCUT2D eigenvalue weighted by atomic mass is 10.7. The van der Waals surface area contributed by atoms with E-state index in [1.807, 2.05) is 7.05 Å². The predicted octanol–water partition coefficient (Wildman–Crippen LogP) is 0.192. The Hall–Kier alpha value is -1.08. The van der Waals surface area contributed by atoms with Gasteiger partial charge in [-0.2, -0.15) is 0 Å². The fourth-order valence-corrected chi connectivity index (χ4v) is 1.02. The molecule has 1 aromatic rings. The van der Waals surface area contributed by atoms with Crippen molar-refractivity contribution < 1.29 is 0 Å². The summed E-state index contributed by atoms with van der Waals surface area (Å²) in [6, 6.07) is 0. The van der Waals surface area contributed by atoms with Crippen molar-refractivity contribution in [3.63, 3.8) is 0 Å². The van der Waals surface area contributed by atoms with Gasteiger partial charge in [0.15, 0.2) is 0 Å². The number of aryl methyl sites for hydroxylation is 1. The molecule has 0 aromatic carbocycles. The number of rotatable bonds is 0. The van der Waals surface area contributed by atoms with Gasteiger partial charge in [0, 0.05) is 7.05 Å². The van der Waals surface area contributed by atoms with Crippen LogP contribution < -0.4 is 0 Å². The Morgan fingerprint density at radius 1 is 1.55 bits per heavy atom. The van der Waals surface area contributed by atoms with Crippen LogP contribution in [0.3, 0.4) is 0 Å². The molecule has 0 atom stereocenters. The Kier molecular flexibility index (Phi) is 2.44. The molecular weight excluding hydrogens is 154 g/mol. The van der Waals surface area contributed by atoms with Gasteiger partial charge in [0.2, 0.25) is 5.82 Å². The molecule has 1 aromatic heterocycles. The molecule has 0 radical (unpaired) electrons. The molecule has 11 heavy (non-hydrogen) atoms. The summed E-state index contributed by atoms with van der Waals surface area (Å²) < 4.78 is 1.66. The van der Waals surface area contributed by atoms with E-state index in [-0.39, 0.29) is 0 Å². The summed E-state index contributed by atoms with van der Waals surface area (Å²) in [6.45, 7) is 4.35. The van der Waals surface area contributed by atoms with Gasteiger partial charge in [0.1, 0.15) is 15.1 Å². The summed E-state index contributed by atoms with van der Waals surface area (Å²) in [6.07, 6.45) is 1.66. The molecular formula is C7H11N3Si. The van der Waals surface area contributed by atoms with Crippen LogP contribution in [0.4, 0.5) is 0 Å². The van der Waals surface area contributed by atoms with Crippen LogP contribution in [0, 0.1) is 11.5 Å². The molecule has 0 saturated carbocycles. The van der Waals surface area contributed by atoms with Gasteiger partial charge in [0.25, 0.3) is 0 Å². The molecule has 0 N–H and O–H groups in total. The normalized spacial score (nSPS) is 9.45. The lowest BCUT2D eigenvalue weighted by Crippen LogP contribution is -1.94. The Labute approximate surface area is 68.1 Å². The fraction of sp³-hybridized carbons (Fsp3) is 0.429. The molecule has 0 saturated heterocycles. The third-order valence-electron chi connectivity index (χ3n) is 1.07. The first-order valence-corrected chi connectivity index (χ1v) is 6.44. The van der Waals surface area contributed by atoms with Crippen molar-refractivity contribution in [2.24, 2.45) is 7.05 Å². The van der Waals surface area contributed by atoms with Crippen molar-refractivity contribution in [1.82, 2.24) is 14.8 Å². The van der Waals surface area contributed by atoms with E-state index < -0.39 is 8.80 Å². The van der Waals surface area contributed by atoms with Crippen LogP contribution in [-0.4, -0.2) is 23.6 Å². The van der Waals surface area contributed by atoms with Crippen molar-refractivity contribution in [1.29, 1.82) is 0 Å². The first-order valence-electron chi connectivity index (χ1n) is 3.55. The van der Waals surface area contributed by atoms with E-state index in [9.17, 15) is 0 Å². The van der Waals surface area contributed by atoms with Crippen molar-refractivity contribution >= 4 is 8.80 Å². The van der Waals surface area contributed by atoms with Gasteiger partial charge in [0.05, 0.1) is 0 Å². The summed E-state index contributed by atoms with van der Waals surface area (Å²) in [7, 11) is 1.06. The van der Waals surface area contributed by atoms with Gasteiger partial charge in [-0.3, -0.25) is 4.68 Å². The predicted molar refractivity (Wildman–Crippen MR) is 46.8 cm³/mol. The molecule has 3 nitrogen and oxygen atoms in total. The molecule has 58 valence electrons. The van der Waals surface area contributed by atoms with E-state index in [4.69, 9.17) is 0 Å². The third kappa shape index (κ3) is 2.56. The van der Waals surface area contributed by atoms with Crippen LogP contribution in [0.5, 0.6) is 0 Å². The van der Waals surface area contributed by atoms with Crippen LogP contribution in [0.15, 0.2) is 6.33 Å². The number of nitrogens with zero attached hydrogens (tertiary/aromatic N) is 3. The second-order valence-electron chi connectivity index (χ2n) is 2.67. The van der Waals surface area contributed by atoms with Gasteiger partial charge in [-0.15, -0.1) is 10.6 Å². The Bertz CT molecular complexity index is 292. The Morgan fingerprint density at radius 2 is 2.27 bits per heavy atom. The smallest absolute Gasteiger partial charge is 0.224 e. The van der Waals surface area contributed by atoms with Gasteiger partial charge in [-0.1, -0.05) is 13.1 Å². The SMILES string of the molecule is Cn1cnc(C#C[SiH](C)C)n1. The average Bonchev–Trinajstić information content (AvgIpc) is 2.31. The topological polar surface area (TPSA) is 30.7 Å². The standard InChI is InChI=1S/C7H11N3Si/c1-10-6-8-7(9-10)4-5-11(2)3/h6,11H,1-3H3. The molecule has 1 rings (SSSR count). The van der Waals surface area contributed by atoms with Crippen molar-refractivity contribution in [2.75, 3.05) is 0 Å². The molecule has 0 aliphatic heterocycles. The minimum Gasteiger partial charge on any atom is -0.255 e. The van der Waals surface area contributed by atoms with Crippen LogP contribution in [-0.2, 0) is 7.05 Å². The summed E-state index contributed by atoms with van der Waals surface area (Å²) in [5, 5.41) is 4.04. The number of hydrogen-bond acceptors (Lipinski definition) is 2. The van der Waals surface area contributed by atoms with Gasteiger partial charge in [-0.25, -0.2) is 4.98 Å². The molecule has 1 heterocycles. The zero-order chi connectivity index (χ0) is 8.27. The molecule has 0 unspecified atom stereocenters.